The van der Waals surface area contributed by atoms with Gasteiger partial charge < -0.3 is 20.6 Å². The molecular weight excluding hydrogens is 374 g/mol. The Bertz CT molecular complexity index is 632. The summed E-state index contributed by atoms with van der Waals surface area (Å²) in [5, 5.41) is 16.7. The summed E-state index contributed by atoms with van der Waals surface area (Å²) < 4.78 is 0. The van der Waals surface area contributed by atoms with Gasteiger partial charge in [0.05, 0.1) is 12.6 Å². The van der Waals surface area contributed by atoms with E-state index in [-0.39, 0.29) is 6.10 Å². The minimum absolute atomic E-state index is 0.107. The largest absolute Gasteiger partial charge is 0.393 e. The monoisotopic (exact) mass is 415 g/mol. The Hall–Kier alpha value is -1.63. The van der Waals surface area contributed by atoms with Crippen LogP contribution >= 0.6 is 0 Å². The van der Waals surface area contributed by atoms with Crippen LogP contribution in [-0.4, -0.2) is 72.3 Å². The Morgan fingerprint density at radius 1 is 0.967 bits per heavy atom. The van der Waals surface area contributed by atoms with Crippen molar-refractivity contribution in [1.29, 1.82) is 0 Å². The number of piperidine rings is 2. The SMILES string of the molecule is CCCN1CCC(NC(=NCc2ccc(CN3CCC(O)CC3)cc2)NCC)CC1. The number of likely N-dealkylation sites (tertiary alicyclic amines) is 2. The van der Waals surface area contributed by atoms with Gasteiger partial charge in [-0.15, -0.1) is 0 Å². The van der Waals surface area contributed by atoms with Crippen LogP contribution in [0, 0.1) is 0 Å². The number of aliphatic hydroxyl groups is 1. The van der Waals surface area contributed by atoms with Crippen molar-refractivity contribution in [3.63, 3.8) is 0 Å². The molecule has 0 unspecified atom stereocenters. The number of guanidine groups is 1. The lowest BCUT2D eigenvalue weighted by molar-refractivity contribution is 0.0792. The Morgan fingerprint density at radius 2 is 1.60 bits per heavy atom. The molecule has 0 aliphatic carbocycles. The molecule has 0 radical (unpaired) electrons. The lowest BCUT2D eigenvalue weighted by Gasteiger charge is -2.32. The second-order valence-corrected chi connectivity index (χ2v) is 8.78. The maximum atomic E-state index is 9.66. The molecule has 0 atom stereocenters. The normalized spacial score (nSPS) is 20.4. The van der Waals surface area contributed by atoms with Gasteiger partial charge in [-0.1, -0.05) is 31.2 Å². The van der Waals surface area contributed by atoms with Crippen LogP contribution in [0.4, 0.5) is 0 Å². The van der Waals surface area contributed by atoms with E-state index in [0.29, 0.717) is 12.6 Å². The summed E-state index contributed by atoms with van der Waals surface area (Å²) in [6.07, 6.45) is 5.29. The van der Waals surface area contributed by atoms with E-state index in [0.717, 1.165) is 45.0 Å². The van der Waals surface area contributed by atoms with Crippen molar-refractivity contribution < 1.29 is 5.11 Å². The van der Waals surface area contributed by atoms with Gasteiger partial charge >= 0.3 is 0 Å². The van der Waals surface area contributed by atoms with Crippen LogP contribution in [0.25, 0.3) is 0 Å². The molecule has 2 heterocycles. The molecular formula is C24H41N5O. The maximum Gasteiger partial charge on any atom is 0.191 e. The summed E-state index contributed by atoms with van der Waals surface area (Å²) >= 11 is 0. The first kappa shape index (κ1) is 23.0. The first-order valence-electron chi connectivity index (χ1n) is 11.9. The van der Waals surface area contributed by atoms with E-state index in [4.69, 9.17) is 4.99 Å². The summed E-state index contributed by atoms with van der Waals surface area (Å²) in [5.41, 5.74) is 2.57. The lowest BCUT2D eigenvalue weighted by atomic mass is 10.1. The molecule has 2 aliphatic heterocycles. The average molecular weight is 416 g/mol. The predicted molar refractivity (Wildman–Crippen MR) is 125 cm³/mol. The fourth-order valence-electron chi connectivity index (χ4n) is 4.39. The van der Waals surface area contributed by atoms with Crippen molar-refractivity contribution in [2.75, 3.05) is 39.3 Å². The maximum absolute atomic E-state index is 9.66. The summed E-state index contributed by atoms with van der Waals surface area (Å²) in [6, 6.07) is 9.36. The third-order valence-electron chi connectivity index (χ3n) is 6.22. The van der Waals surface area contributed by atoms with Gasteiger partial charge in [-0.25, -0.2) is 4.99 Å². The van der Waals surface area contributed by atoms with Crippen LogP contribution in [-0.2, 0) is 13.1 Å². The van der Waals surface area contributed by atoms with Gasteiger partial charge in [-0.3, -0.25) is 4.90 Å². The smallest absolute Gasteiger partial charge is 0.191 e. The minimum Gasteiger partial charge on any atom is -0.393 e. The molecule has 6 heteroatoms. The van der Waals surface area contributed by atoms with Crippen molar-refractivity contribution in [1.82, 2.24) is 20.4 Å². The zero-order valence-electron chi connectivity index (χ0n) is 18.9. The van der Waals surface area contributed by atoms with Crippen LogP contribution in [0.3, 0.4) is 0 Å². The third kappa shape index (κ3) is 7.56. The van der Waals surface area contributed by atoms with Crippen LogP contribution in [0.1, 0.15) is 57.1 Å². The Morgan fingerprint density at radius 3 is 2.23 bits per heavy atom. The van der Waals surface area contributed by atoms with Crippen molar-refractivity contribution in [2.24, 2.45) is 4.99 Å². The van der Waals surface area contributed by atoms with E-state index in [9.17, 15) is 5.11 Å². The molecule has 0 amide bonds. The highest BCUT2D eigenvalue weighted by Gasteiger charge is 2.19. The highest BCUT2D eigenvalue weighted by atomic mass is 16.3. The van der Waals surface area contributed by atoms with E-state index in [1.54, 1.807) is 0 Å². The van der Waals surface area contributed by atoms with E-state index in [1.807, 2.05) is 0 Å². The topological polar surface area (TPSA) is 63.1 Å². The molecule has 3 rings (SSSR count). The quantitative estimate of drug-likeness (QED) is 0.450. The molecule has 2 saturated heterocycles. The van der Waals surface area contributed by atoms with E-state index < -0.39 is 0 Å². The Balaban J connectivity index is 1.47. The van der Waals surface area contributed by atoms with Gasteiger partial charge in [-0.05, 0) is 56.7 Å². The van der Waals surface area contributed by atoms with Gasteiger partial charge in [0, 0.05) is 45.3 Å². The summed E-state index contributed by atoms with van der Waals surface area (Å²) in [5.74, 6) is 0.933. The summed E-state index contributed by atoms with van der Waals surface area (Å²) in [7, 11) is 0. The molecule has 2 fully saturated rings. The Labute approximate surface area is 182 Å². The molecule has 3 N–H and O–H groups in total. The molecule has 30 heavy (non-hydrogen) atoms. The molecule has 1 aromatic carbocycles. The van der Waals surface area contributed by atoms with Crippen LogP contribution in [0.5, 0.6) is 0 Å². The second-order valence-electron chi connectivity index (χ2n) is 8.78. The molecule has 168 valence electrons. The molecule has 2 aliphatic rings. The summed E-state index contributed by atoms with van der Waals surface area (Å²) in [6.45, 7) is 12.5. The van der Waals surface area contributed by atoms with Crippen molar-refractivity contribution in [3.8, 4) is 0 Å². The fourth-order valence-corrected chi connectivity index (χ4v) is 4.39. The number of rotatable bonds is 8. The molecule has 1 aromatic rings. The van der Waals surface area contributed by atoms with E-state index in [2.05, 4.69) is 58.5 Å². The number of aliphatic imine (C=N–C) groups is 1. The van der Waals surface area contributed by atoms with Gasteiger partial charge in [0.15, 0.2) is 5.96 Å². The minimum atomic E-state index is -0.107. The highest BCUT2D eigenvalue weighted by molar-refractivity contribution is 5.80. The van der Waals surface area contributed by atoms with Crippen molar-refractivity contribution in [3.05, 3.63) is 35.4 Å². The van der Waals surface area contributed by atoms with E-state index in [1.165, 1.54) is 50.0 Å². The zero-order chi connectivity index (χ0) is 21.2. The fraction of sp³-hybridized carbons (Fsp3) is 0.708. The van der Waals surface area contributed by atoms with Gasteiger partial charge in [0.25, 0.3) is 0 Å². The van der Waals surface area contributed by atoms with Crippen molar-refractivity contribution >= 4 is 5.96 Å². The summed E-state index contributed by atoms with van der Waals surface area (Å²) in [4.78, 5) is 9.82. The van der Waals surface area contributed by atoms with Gasteiger partial charge in [0.1, 0.15) is 0 Å². The standard InChI is InChI=1S/C24H41N5O/c1-3-13-28-14-9-22(10-15-28)27-24(25-4-2)26-18-20-5-7-21(8-6-20)19-29-16-11-23(30)12-17-29/h5-8,22-23,30H,3-4,9-19H2,1-2H3,(H2,25,26,27). The predicted octanol–water partition coefficient (Wildman–Crippen LogP) is 2.57. The highest BCUT2D eigenvalue weighted by Crippen LogP contribution is 2.15. The van der Waals surface area contributed by atoms with Gasteiger partial charge in [0.2, 0.25) is 0 Å². The first-order valence-corrected chi connectivity index (χ1v) is 11.9. The number of hydrogen-bond acceptors (Lipinski definition) is 4. The molecule has 0 spiro atoms. The molecule has 6 nitrogen and oxygen atoms in total. The second kappa shape index (κ2) is 12.3. The van der Waals surface area contributed by atoms with Crippen LogP contribution in [0.2, 0.25) is 0 Å². The number of nitrogens with zero attached hydrogens (tertiary/aromatic N) is 3. The van der Waals surface area contributed by atoms with Crippen molar-refractivity contribution in [2.45, 2.75) is 71.2 Å². The number of hydrogen-bond donors (Lipinski definition) is 3. The molecule has 0 saturated carbocycles. The number of nitrogens with one attached hydrogen (secondary N) is 2. The average Bonchev–Trinajstić information content (AvgIpc) is 2.76. The molecule has 0 bridgehead atoms. The van der Waals surface area contributed by atoms with Gasteiger partial charge in [-0.2, -0.15) is 0 Å². The number of benzene rings is 1. The zero-order valence-corrected chi connectivity index (χ0v) is 18.9. The van der Waals surface area contributed by atoms with E-state index >= 15 is 0 Å². The first-order chi connectivity index (χ1) is 14.7. The lowest BCUT2D eigenvalue weighted by Crippen LogP contribution is -2.48. The number of aliphatic hydroxyl groups excluding tert-OH is 1. The Kier molecular flexibility index (Phi) is 9.43. The molecule has 0 aromatic heterocycles. The third-order valence-corrected chi connectivity index (χ3v) is 6.22. The van der Waals surface area contributed by atoms with Crippen LogP contribution in [0.15, 0.2) is 29.3 Å². The van der Waals surface area contributed by atoms with Crippen LogP contribution < -0.4 is 10.6 Å².